The minimum Gasteiger partial charge on any atom is -0.335 e. The maximum Gasteiger partial charge on any atom is 0.227 e. The maximum atomic E-state index is 12.8. The van der Waals surface area contributed by atoms with Crippen molar-refractivity contribution in [2.45, 2.75) is 39.7 Å². The first-order chi connectivity index (χ1) is 12.0. The van der Waals surface area contributed by atoms with Crippen molar-refractivity contribution < 1.29 is 4.79 Å². The van der Waals surface area contributed by atoms with Crippen LogP contribution in [0, 0.1) is 0 Å². The second kappa shape index (κ2) is 9.07. The van der Waals surface area contributed by atoms with E-state index in [4.69, 9.17) is 23.2 Å². The molecule has 0 aromatic heterocycles. The molecule has 0 fully saturated rings. The number of amides is 1. The monoisotopic (exact) mass is 441 g/mol. The molecule has 3 rings (SSSR count). The normalized spacial score (nSPS) is 15.9. The van der Waals surface area contributed by atoms with Crippen molar-refractivity contribution in [2.75, 3.05) is 6.54 Å². The number of halogens is 3. The Kier molecular flexibility index (Phi) is 7.36. The number of hydrogen-bond acceptors (Lipinski definition) is 1. The van der Waals surface area contributed by atoms with Crippen LogP contribution in [0.25, 0.3) is 0 Å². The standard InChI is InChI=1S/C18H16BrCl2NO.C2H6/c1-11-12-4-2-5-15(19)13(12)8-9-22(11)18(23)10-14-16(20)6-3-7-17(14)21;1-2/h2-7,11H,8-10H2,1H3;1-2H3. The van der Waals surface area contributed by atoms with Crippen LogP contribution in [-0.2, 0) is 17.6 Å². The predicted molar refractivity (Wildman–Crippen MR) is 109 cm³/mol. The summed E-state index contributed by atoms with van der Waals surface area (Å²) in [6.07, 6.45) is 1.08. The van der Waals surface area contributed by atoms with Gasteiger partial charge in [-0.15, -0.1) is 0 Å². The largest absolute Gasteiger partial charge is 0.335 e. The third-order valence-electron chi connectivity index (χ3n) is 4.39. The molecule has 0 N–H and O–H groups in total. The zero-order valence-electron chi connectivity index (χ0n) is 14.7. The van der Waals surface area contributed by atoms with Crippen molar-refractivity contribution in [3.05, 3.63) is 67.6 Å². The second-order valence-corrected chi connectivity index (χ2v) is 7.37. The summed E-state index contributed by atoms with van der Waals surface area (Å²) in [6, 6.07) is 11.5. The van der Waals surface area contributed by atoms with Crippen LogP contribution in [0.1, 0.15) is 43.5 Å². The van der Waals surface area contributed by atoms with E-state index in [1.54, 1.807) is 18.2 Å². The first-order valence-corrected chi connectivity index (χ1v) is 10.0. The molecule has 0 bridgehead atoms. The zero-order chi connectivity index (χ0) is 18.6. The second-order valence-electron chi connectivity index (χ2n) is 5.70. The maximum absolute atomic E-state index is 12.8. The fraction of sp³-hybridized carbons (Fsp3) is 0.350. The van der Waals surface area contributed by atoms with E-state index in [1.807, 2.05) is 30.9 Å². The van der Waals surface area contributed by atoms with Gasteiger partial charge in [-0.3, -0.25) is 4.79 Å². The quantitative estimate of drug-likeness (QED) is 0.521. The summed E-state index contributed by atoms with van der Waals surface area (Å²) in [6.45, 7) is 6.77. The number of benzene rings is 2. The lowest BCUT2D eigenvalue weighted by molar-refractivity contribution is -0.133. The minimum absolute atomic E-state index is 0.0463. The van der Waals surface area contributed by atoms with Gasteiger partial charge in [-0.25, -0.2) is 0 Å². The molecule has 1 unspecified atom stereocenters. The van der Waals surface area contributed by atoms with E-state index in [1.165, 1.54) is 11.1 Å². The van der Waals surface area contributed by atoms with Crippen LogP contribution in [0.15, 0.2) is 40.9 Å². The van der Waals surface area contributed by atoms with Gasteiger partial charge >= 0.3 is 0 Å². The van der Waals surface area contributed by atoms with Gasteiger partial charge in [0.1, 0.15) is 0 Å². The van der Waals surface area contributed by atoms with Gasteiger partial charge in [-0.1, -0.05) is 71.2 Å². The number of nitrogens with zero attached hydrogens (tertiary/aromatic N) is 1. The van der Waals surface area contributed by atoms with Gasteiger partial charge in [0.05, 0.1) is 12.5 Å². The lowest BCUT2D eigenvalue weighted by atomic mass is 9.93. The molecule has 2 aromatic rings. The molecule has 2 nitrogen and oxygen atoms in total. The Balaban J connectivity index is 0.00000109. The molecule has 0 radical (unpaired) electrons. The van der Waals surface area contributed by atoms with E-state index in [9.17, 15) is 4.79 Å². The van der Waals surface area contributed by atoms with Crippen molar-refractivity contribution in [3.8, 4) is 0 Å². The molecular weight excluding hydrogens is 421 g/mol. The Bertz CT molecular complexity index is 743. The van der Waals surface area contributed by atoms with E-state index in [-0.39, 0.29) is 18.4 Å². The number of carbonyl (C=O) groups excluding carboxylic acids is 1. The average Bonchev–Trinajstić information content (AvgIpc) is 2.61. The first kappa shape index (κ1) is 20.3. The number of rotatable bonds is 2. The Labute approximate surface area is 168 Å². The number of fused-ring (bicyclic) bond motifs is 1. The smallest absolute Gasteiger partial charge is 0.227 e. The van der Waals surface area contributed by atoms with Crippen LogP contribution in [0.4, 0.5) is 0 Å². The molecule has 0 aliphatic carbocycles. The fourth-order valence-corrected chi connectivity index (χ4v) is 4.23. The minimum atomic E-state index is 0.0463. The van der Waals surface area contributed by atoms with E-state index < -0.39 is 0 Å². The summed E-state index contributed by atoms with van der Waals surface area (Å²) in [5.74, 6) is 0.0538. The summed E-state index contributed by atoms with van der Waals surface area (Å²) >= 11 is 16.0. The summed E-state index contributed by atoms with van der Waals surface area (Å²) < 4.78 is 1.11. The third-order valence-corrected chi connectivity index (χ3v) is 5.84. The van der Waals surface area contributed by atoms with Crippen molar-refractivity contribution in [2.24, 2.45) is 0 Å². The van der Waals surface area contributed by atoms with Crippen LogP contribution < -0.4 is 0 Å². The lowest BCUT2D eigenvalue weighted by Gasteiger charge is -2.36. The van der Waals surface area contributed by atoms with Crippen LogP contribution in [0.2, 0.25) is 10.0 Å². The van der Waals surface area contributed by atoms with Crippen molar-refractivity contribution >= 4 is 45.0 Å². The van der Waals surface area contributed by atoms with Crippen LogP contribution in [0.3, 0.4) is 0 Å². The van der Waals surface area contributed by atoms with E-state index >= 15 is 0 Å². The Morgan fingerprint density at radius 2 is 1.76 bits per heavy atom. The van der Waals surface area contributed by atoms with E-state index in [0.29, 0.717) is 22.2 Å². The van der Waals surface area contributed by atoms with Gasteiger partial charge in [0, 0.05) is 21.1 Å². The van der Waals surface area contributed by atoms with Crippen LogP contribution in [-0.4, -0.2) is 17.4 Å². The summed E-state index contributed by atoms with van der Waals surface area (Å²) in [4.78, 5) is 14.7. The molecule has 0 saturated heterocycles. The van der Waals surface area contributed by atoms with Crippen molar-refractivity contribution in [1.29, 1.82) is 0 Å². The van der Waals surface area contributed by atoms with Crippen LogP contribution >= 0.6 is 39.1 Å². The van der Waals surface area contributed by atoms with Crippen LogP contribution in [0.5, 0.6) is 0 Å². The molecule has 2 aromatic carbocycles. The Hall–Kier alpha value is -1.03. The van der Waals surface area contributed by atoms with Gasteiger partial charge in [0.25, 0.3) is 0 Å². The number of carbonyl (C=O) groups is 1. The molecule has 25 heavy (non-hydrogen) atoms. The highest BCUT2D eigenvalue weighted by Crippen LogP contribution is 2.34. The van der Waals surface area contributed by atoms with Gasteiger partial charge in [-0.2, -0.15) is 0 Å². The van der Waals surface area contributed by atoms with Gasteiger partial charge < -0.3 is 4.90 Å². The highest BCUT2D eigenvalue weighted by Gasteiger charge is 2.29. The average molecular weight is 443 g/mol. The van der Waals surface area contributed by atoms with E-state index in [0.717, 1.165) is 10.9 Å². The Morgan fingerprint density at radius 1 is 1.16 bits per heavy atom. The molecule has 1 atom stereocenters. The highest BCUT2D eigenvalue weighted by molar-refractivity contribution is 9.10. The molecule has 5 heteroatoms. The summed E-state index contributed by atoms with van der Waals surface area (Å²) in [7, 11) is 0. The highest BCUT2D eigenvalue weighted by atomic mass is 79.9. The summed E-state index contributed by atoms with van der Waals surface area (Å²) in [5.41, 5.74) is 3.19. The molecule has 1 aliphatic heterocycles. The van der Waals surface area contributed by atoms with Gasteiger partial charge in [-0.05, 0) is 48.2 Å². The Morgan fingerprint density at radius 3 is 2.40 bits per heavy atom. The summed E-state index contributed by atoms with van der Waals surface area (Å²) in [5, 5.41) is 1.08. The molecule has 1 amide bonds. The van der Waals surface area contributed by atoms with Gasteiger partial charge in [0.2, 0.25) is 5.91 Å². The first-order valence-electron chi connectivity index (χ1n) is 8.48. The molecule has 134 valence electrons. The molecule has 0 spiro atoms. The molecular formula is C20H22BrCl2NO. The third kappa shape index (κ3) is 4.39. The molecule has 1 heterocycles. The molecule has 0 saturated carbocycles. The van der Waals surface area contributed by atoms with Crippen molar-refractivity contribution in [3.63, 3.8) is 0 Å². The number of hydrogen-bond donors (Lipinski definition) is 0. The fourth-order valence-electron chi connectivity index (χ4n) is 3.12. The predicted octanol–water partition coefficient (Wildman–Crippen LogP) is 6.47. The zero-order valence-corrected chi connectivity index (χ0v) is 17.7. The SMILES string of the molecule is CC.CC1c2cccc(Br)c2CCN1C(=O)Cc1c(Cl)cccc1Cl. The van der Waals surface area contributed by atoms with Crippen molar-refractivity contribution in [1.82, 2.24) is 4.90 Å². The van der Waals surface area contributed by atoms with E-state index in [2.05, 4.69) is 28.9 Å². The topological polar surface area (TPSA) is 20.3 Å². The lowest BCUT2D eigenvalue weighted by Crippen LogP contribution is -2.39. The van der Waals surface area contributed by atoms with Gasteiger partial charge in [0.15, 0.2) is 0 Å². The molecule has 1 aliphatic rings.